The quantitative estimate of drug-likeness (QED) is 0.827. The lowest BCUT2D eigenvalue weighted by Gasteiger charge is -2.17. The Morgan fingerprint density at radius 3 is 2.88 bits per heavy atom. The highest BCUT2D eigenvalue weighted by Crippen LogP contribution is 2.13. The first-order valence-corrected chi connectivity index (χ1v) is 5.65. The second kappa shape index (κ2) is 6.10. The van der Waals surface area contributed by atoms with Crippen molar-refractivity contribution < 1.29 is 4.79 Å². The van der Waals surface area contributed by atoms with Gasteiger partial charge in [0.05, 0.1) is 5.56 Å². The first-order valence-electron chi connectivity index (χ1n) is 5.65. The number of pyridine rings is 1. The van der Waals surface area contributed by atoms with E-state index in [-0.39, 0.29) is 5.91 Å². The van der Waals surface area contributed by atoms with Crippen LogP contribution >= 0.6 is 0 Å². The Morgan fingerprint density at radius 2 is 2.25 bits per heavy atom. The zero-order chi connectivity index (χ0) is 12.0. The lowest BCUT2D eigenvalue weighted by atomic mass is 10.2. The first-order chi connectivity index (χ1) is 7.70. The fourth-order valence-electron chi connectivity index (χ4n) is 1.53. The summed E-state index contributed by atoms with van der Waals surface area (Å²) in [6, 6.07) is 3.59. The van der Waals surface area contributed by atoms with Crippen LogP contribution in [0.1, 0.15) is 30.6 Å². The van der Waals surface area contributed by atoms with Gasteiger partial charge < -0.3 is 10.2 Å². The van der Waals surface area contributed by atoms with Gasteiger partial charge >= 0.3 is 0 Å². The summed E-state index contributed by atoms with van der Waals surface area (Å²) in [5.74, 6) is 0.684. The van der Waals surface area contributed by atoms with E-state index in [2.05, 4.69) is 17.2 Å². The van der Waals surface area contributed by atoms with Gasteiger partial charge in [-0.3, -0.25) is 4.79 Å². The van der Waals surface area contributed by atoms with Crippen LogP contribution in [0.25, 0.3) is 0 Å². The fraction of sp³-hybridized carbons (Fsp3) is 0.500. The number of hydrogen-bond acceptors (Lipinski definition) is 3. The molecule has 0 unspecified atom stereocenters. The van der Waals surface area contributed by atoms with Gasteiger partial charge in [-0.05, 0) is 25.5 Å². The Balaban J connectivity index is 2.89. The maximum Gasteiger partial charge on any atom is 0.257 e. The van der Waals surface area contributed by atoms with E-state index in [9.17, 15) is 4.79 Å². The standard InChI is InChI=1S/C12H19N3O/c1-4-9-15(3)12(16)10-7-6-8-14-11(10)13-5-2/h6-8H,4-5,9H2,1-3H3,(H,13,14). The maximum absolute atomic E-state index is 12.1. The molecule has 0 aromatic carbocycles. The molecule has 1 aromatic heterocycles. The van der Waals surface area contributed by atoms with Gasteiger partial charge in [-0.1, -0.05) is 6.92 Å². The number of carbonyl (C=O) groups is 1. The molecule has 0 spiro atoms. The van der Waals surface area contributed by atoms with Gasteiger partial charge in [0, 0.05) is 26.3 Å². The summed E-state index contributed by atoms with van der Waals surface area (Å²) in [5, 5.41) is 3.10. The molecule has 0 atom stereocenters. The van der Waals surface area contributed by atoms with Crippen LogP contribution < -0.4 is 5.32 Å². The summed E-state index contributed by atoms with van der Waals surface area (Å²) in [7, 11) is 1.81. The SMILES string of the molecule is CCCN(C)C(=O)c1cccnc1NCC. The fourth-order valence-corrected chi connectivity index (χ4v) is 1.53. The number of amides is 1. The molecule has 0 fully saturated rings. The first kappa shape index (κ1) is 12.5. The molecule has 0 radical (unpaired) electrons. The summed E-state index contributed by atoms with van der Waals surface area (Å²) in [4.78, 5) is 18.0. The molecule has 0 aliphatic carbocycles. The van der Waals surface area contributed by atoms with Crippen molar-refractivity contribution in [3.05, 3.63) is 23.9 Å². The smallest absolute Gasteiger partial charge is 0.257 e. The van der Waals surface area contributed by atoms with Crippen molar-refractivity contribution in [2.75, 3.05) is 25.5 Å². The molecule has 1 rings (SSSR count). The number of carbonyl (C=O) groups excluding carboxylic acids is 1. The molecular weight excluding hydrogens is 202 g/mol. The number of aromatic nitrogens is 1. The van der Waals surface area contributed by atoms with Gasteiger partial charge in [0.1, 0.15) is 5.82 Å². The minimum Gasteiger partial charge on any atom is -0.370 e. The third-order valence-electron chi connectivity index (χ3n) is 2.29. The van der Waals surface area contributed by atoms with Crippen molar-refractivity contribution in [2.45, 2.75) is 20.3 Å². The second-order valence-corrected chi connectivity index (χ2v) is 3.66. The zero-order valence-corrected chi connectivity index (χ0v) is 10.2. The van der Waals surface area contributed by atoms with Crippen molar-refractivity contribution >= 4 is 11.7 Å². The van der Waals surface area contributed by atoms with Crippen molar-refractivity contribution in [2.24, 2.45) is 0 Å². The van der Waals surface area contributed by atoms with Gasteiger partial charge in [-0.15, -0.1) is 0 Å². The Bertz CT molecular complexity index is 352. The molecule has 4 nitrogen and oxygen atoms in total. The highest BCUT2D eigenvalue weighted by molar-refractivity contribution is 5.98. The highest BCUT2D eigenvalue weighted by Gasteiger charge is 2.15. The molecule has 0 aliphatic heterocycles. The maximum atomic E-state index is 12.1. The van der Waals surface area contributed by atoms with Crippen LogP contribution in [0, 0.1) is 0 Å². The van der Waals surface area contributed by atoms with Crippen molar-refractivity contribution in [3.8, 4) is 0 Å². The normalized spacial score (nSPS) is 9.94. The van der Waals surface area contributed by atoms with Crippen LogP contribution in [0.15, 0.2) is 18.3 Å². The number of nitrogens with zero attached hydrogens (tertiary/aromatic N) is 2. The van der Waals surface area contributed by atoms with Crippen molar-refractivity contribution in [3.63, 3.8) is 0 Å². The topological polar surface area (TPSA) is 45.2 Å². The number of nitrogens with one attached hydrogen (secondary N) is 1. The van der Waals surface area contributed by atoms with Crippen molar-refractivity contribution in [1.29, 1.82) is 0 Å². The van der Waals surface area contributed by atoms with E-state index in [0.29, 0.717) is 11.4 Å². The Morgan fingerprint density at radius 1 is 1.50 bits per heavy atom. The molecule has 88 valence electrons. The summed E-state index contributed by atoms with van der Waals surface area (Å²) in [5.41, 5.74) is 0.639. The van der Waals surface area contributed by atoms with Gasteiger partial charge in [-0.25, -0.2) is 4.98 Å². The van der Waals surface area contributed by atoms with Gasteiger partial charge in [0.15, 0.2) is 0 Å². The molecule has 1 N–H and O–H groups in total. The van der Waals surface area contributed by atoms with Crippen LogP contribution in [-0.2, 0) is 0 Å². The average Bonchev–Trinajstić information content (AvgIpc) is 2.29. The predicted molar refractivity (Wildman–Crippen MR) is 65.7 cm³/mol. The molecule has 0 saturated carbocycles. The summed E-state index contributed by atoms with van der Waals surface area (Å²) in [6.07, 6.45) is 2.65. The molecule has 1 heterocycles. The van der Waals surface area contributed by atoms with Gasteiger partial charge in [-0.2, -0.15) is 0 Å². The third kappa shape index (κ3) is 2.95. The molecule has 0 aliphatic rings. The molecule has 4 heteroatoms. The van der Waals surface area contributed by atoms with Crippen LogP contribution in [0.5, 0.6) is 0 Å². The molecule has 16 heavy (non-hydrogen) atoms. The lowest BCUT2D eigenvalue weighted by Crippen LogP contribution is -2.28. The molecule has 0 bridgehead atoms. The highest BCUT2D eigenvalue weighted by atomic mass is 16.2. The van der Waals surface area contributed by atoms with E-state index in [4.69, 9.17) is 0 Å². The molecule has 1 amide bonds. The summed E-state index contributed by atoms with van der Waals surface area (Å²) in [6.45, 7) is 5.56. The van der Waals surface area contributed by atoms with Crippen LogP contribution in [0.2, 0.25) is 0 Å². The van der Waals surface area contributed by atoms with E-state index in [1.54, 1.807) is 23.2 Å². The third-order valence-corrected chi connectivity index (χ3v) is 2.29. The Labute approximate surface area is 96.7 Å². The van der Waals surface area contributed by atoms with E-state index < -0.39 is 0 Å². The van der Waals surface area contributed by atoms with Crippen LogP contribution in [0.3, 0.4) is 0 Å². The zero-order valence-electron chi connectivity index (χ0n) is 10.2. The summed E-state index contributed by atoms with van der Waals surface area (Å²) >= 11 is 0. The van der Waals surface area contributed by atoms with Gasteiger partial charge in [0.25, 0.3) is 5.91 Å². The second-order valence-electron chi connectivity index (χ2n) is 3.66. The predicted octanol–water partition coefficient (Wildman–Crippen LogP) is 2.00. The van der Waals surface area contributed by atoms with E-state index >= 15 is 0 Å². The van der Waals surface area contributed by atoms with Crippen LogP contribution in [0.4, 0.5) is 5.82 Å². The molecule has 1 aromatic rings. The average molecular weight is 221 g/mol. The van der Waals surface area contributed by atoms with Gasteiger partial charge in [0.2, 0.25) is 0 Å². The minimum absolute atomic E-state index is 0.0194. The Hall–Kier alpha value is -1.58. The molecule has 0 saturated heterocycles. The van der Waals surface area contributed by atoms with Crippen molar-refractivity contribution in [1.82, 2.24) is 9.88 Å². The number of hydrogen-bond donors (Lipinski definition) is 1. The van der Waals surface area contributed by atoms with E-state index in [1.807, 2.05) is 14.0 Å². The number of rotatable bonds is 5. The van der Waals surface area contributed by atoms with Crippen LogP contribution in [-0.4, -0.2) is 35.9 Å². The Kier molecular flexibility index (Phi) is 4.76. The lowest BCUT2D eigenvalue weighted by molar-refractivity contribution is 0.0795. The number of anilines is 1. The largest absolute Gasteiger partial charge is 0.370 e. The van der Waals surface area contributed by atoms with E-state index in [1.165, 1.54) is 0 Å². The monoisotopic (exact) mass is 221 g/mol. The van der Waals surface area contributed by atoms with E-state index in [0.717, 1.165) is 19.5 Å². The molecular formula is C12H19N3O. The summed E-state index contributed by atoms with van der Waals surface area (Å²) < 4.78 is 0. The minimum atomic E-state index is 0.0194.